The molecule has 6 heteroatoms. The molecule has 2 amide bonds. The highest BCUT2D eigenvalue weighted by Crippen LogP contribution is 2.20. The SMILES string of the molecule is O=C(Nc1cn[nH]c1C(=O)NCc1ccccc1)c1ccc(-c2ccccc2)cc1. The second-order valence-corrected chi connectivity index (χ2v) is 6.72. The number of aromatic nitrogens is 2. The van der Waals surface area contributed by atoms with Gasteiger partial charge in [-0.05, 0) is 28.8 Å². The second-order valence-electron chi connectivity index (χ2n) is 6.72. The Kier molecular flexibility index (Phi) is 5.66. The highest BCUT2D eigenvalue weighted by Gasteiger charge is 2.16. The molecule has 6 nitrogen and oxygen atoms in total. The second kappa shape index (κ2) is 8.87. The topological polar surface area (TPSA) is 86.9 Å². The molecule has 0 aliphatic carbocycles. The summed E-state index contributed by atoms with van der Waals surface area (Å²) in [5.41, 5.74) is 4.12. The molecular formula is C24H20N4O2. The van der Waals surface area contributed by atoms with E-state index in [-0.39, 0.29) is 17.5 Å². The van der Waals surface area contributed by atoms with Crippen LogP contribution in [-0.4, -0.2) is 22.0 Å². The van der Waals surface area contributed by atoms with E-state index in [1.165, 1.54) is 6.20 Å². The molecule has 0 atom stereocenters. The Hall–Kier alpha value is -4.19. The number of nitrogens with one attached hydrogen (secondary N) is 3. The third kappa shape index (κ3) is 4.44. The van der Waals surface area contributed by atoms with E-state index in [4.69, 9.17) is 0 Å². The van der Waals surface area contributed by atoms with Gasteiger partial charge in [-0.15, -0.1) is 0 Å². The summed E-state index contributed by atoms with van der Waals surface area (Å²) in [5.74, 6) is -0.654. The van der Waals surface area contributed by atoms with Crippen LogP contribution in [0.2, 0.25) is 0 Å². The van der Waals surface area contributed by atoms with Crippen molar-refractivity contribution in [1.82, 2.24) is 15.5 Å². The van der Waals surface area contributed by atoms with Crippen molar-refractivity contribution in [2.75, 3.05) is 5.32 Å². The fourth-order valence-corrected chi connectivity index (χ4v) is 3.06. The number of hydrogen-bond donors (Lipinski definition) is 3. The Morgan fingerprint density at radius 1 is 0.767 bits per heavy atom. The van der Waals surface area contributed by atoms with Crippen molar-refractivity contribution in [3.05, 3.63) is 108 Å². The van der Waals surface area contributed by atoms with Gasteiger partial charge in [-0.1, -0.05) is 72.8 Å². The minimum absolute atomic E-state index is 0.209. The lowest BCUT2D eigenvalue weighted by atomic mass is 10.0. The van der Waals surface area contributed by atoms with Crippen molar-refractivity contribution in [2.45, 2.75) is 6.54 Å². The molecule has 0 saturated carbocycles. The van der Waals surface area contributed by atoms with E-state index in [1.54, 1.807) is 12.1 Å². The largest absolute Gasteiger partial charge is 0.347 e. The minimum atomic E-state index is -0.342. The van der Waals surface area contributed by atoms with E-state index in [0.717, 1.165) is 16.7 Å². The Labute approximate surface area is 174 Å². The number of amides is 2. The molecule has 4 aromatic rings. The van der Waals surface area contributed by atoms with Gasteiger partial charge < -0.3 is 10.6 Å². The predicted octanol–water partition coefficient (Wildman–Crippen LogP) is 4.26. The molecule has 148 valence electrons. The minimum Gasteiger partial charge on any atom is -0.347 e. The molecule has 30 heavy (non-hydrogen) atoms. The number of nitrogens with zero attached hydrogens (tertiary/aromatic N) is 1. The smallest absolute Gasteiger partial charge is 0.271 e. The van der Waals surface area contributed by atoms with Crippen LogP contribution in [0, 0.1) is 0 Å². The van der Waals surface area contributed by atoms with Gasteiger partial charge in [0.1, 0.15) is 5.69 Å². The van der Waals surface area contributed by atoms with Crippen LogP contribution in [0.3, 0.4) is 0 Å². The Bertz CT molecular complexity index is 1140. The van der Waals surface area contributed by atoms with E-state index in [0.29, 0.717) is 17.8 Å². The summed E-state index contributed by atoms with van der Waals surface area (Å²) in [6.45, 7) is 0.382. The third-order valence-corrected chi connectivity index (χ3v) is 4.66. The highest BCUT2D eigenvalue weighted by molar-refractivity contribution is 6.08. The van der Waals surface area contributed by atoms with Crippen LogP contribution in [-0.2, 0) is 6.54 Å². The van der Waals surface area contributed by atoms with Crippen LogP contribution in [0.1, 0.15) is 26.4 Å². The van der Waals surface area contributed by atoms with E-state index in [1.807, 2.05) is 72.8 Å². The van der Waals surface area contributed by atoms with E-state index < -0.39 is 0 Å². The van der Waals surface area contributed by atoms with Crippen molar-refractivity contribution in [1.29, 1.82) is 0 Å². The average Bonchev–Trinajstić information content (AvgIpc) is 3.27. The van der Waals surface area contributed by atoms with Gasteiger partial charge >= 0.3 is 0 Å². The van der Waals surface area contributed by atoms with Crippen molar-refractivity contribution in [2.24, 2.45) is 0 Å². The maximum absolute atomic E-state index is 12.6. The summed E-state index contributed by atoms with van der Waals surface area (Å²) in [7, 11) is 0. The molecule has 0 bridgehead atoms. The predicted molar refractivity (Wildman–Crippen MR) is 116 cm³/mol. The monoisotopic (exact) mass is 396 g/mol. The molecule has 1 aromatic heterocycles. The zero-order valence-electron chi connectivity index (χ0n) is 16.1. The fourth-order valence-electron chi connectivity index (χ4n) is 3.06. The number of aromatic amines is 1. The van der Waals surface area contributed by atoms with Crippen LogP contribution >= 0.6 is 0 Å². The molecule has 0 aliphatic heterocycles. The van der Waals surface area contributed by atoms with E-state index in [9.17, 15) is 9.59 Å². The number of carbonyl (C=O) groups is 2. The van der Waals surface area contributed by atoms with E-state index >= 15 is 0 Å². The van der Waals surface area contributed by atoms with Gasteiger partial charge in [-0.3, -0.25) is 14.7 Å². The number of hydrogen-bond acceptors (Lipinski definition) is 3. The first-order valence-electron chi connectivity index (χ1n) is 9.53. The number of anilines is 1. The maximum Gasteiger partial charge on any atom is 0.271 e. The molecule has 0 unspecified atom stereocenters. The summed E-state index contributed by atoms with van der Waals surface area (Å²) in [6.07, 6.45) is 1.42. The first-order valence-corrected chi connectivity index (χ1v) is 9.53. The van der Waals surface area contributed by atoms with Gasteiger partial charge in [-0.25, -0.2) is 0 Å². The van der Waals surface area contributed by atoms with Gasteiger partial charge in [0.2, 0.25) is 0 Å². The molecule has 1 heterocycles. The zero-order chi connectivity index (χ0) is 20.8. The van der Waals surface area contributed by atoms with Gasteiger partial charge in [0.15, 0.2) is 0 Å². The molecule has 0 radical (unpaired) electrons. The molecule has 0 aliphatic rings. The van der Waals surface area contributed by atoms with Crippen molar-refractivity contribution in [3.63, 3.8) is 0 Å². The Morgan fingerprint density at radius 2 is 1.40 bits per heavy atom. The van der Waals surface area contributed by atoms with Gasteiger partial charge in [-0.2, -0.15) is 5.10 Å². The lowest BCUT2D eigenvalue weighted by Crippen LogP contribution is -2.25. The van der Waals surface area contributed by atoms with Crippen molar-refractivity contribution in [3.8, 4) is 11.1 Å². The standard InChI is InChI=1S/C24H20N4O2/c29-23(20-13-11-19(12-14-20)18-9-5-2-6-10-18)27-21-16-26-28-22(21)24(30)25-15-17-7-3-1-4-8-17/h1-14,16H,15H2,(H,25,30)(H,26,28)(H,27,29). The summed E-state index contributed by atoms with van der Waals surface area (Å²) >= 11 is 0. The van der Waals surface area contributed by atoms with Crippen LogP contribution in [0.4, 0.5) is 5.69 Å². The summed E-state index contributed by atoms with van der Waals surface area (Å²) in [5, 5.41) is 12.1. The summed E-state index contributed by atoms with van der Waals surface area (Å²) in [4.78, 5) is 25.1. The normalized spacial score (nSPS) is 10.4. The van der Waals surface area contributed by atoms with Crippen LogP contribution in [0.5, 0.6) is 0 Å². The average molecular weight is 396 g/mol. The van der Waals surface area contributed by atoms with Gasteiger partial charge in [0.25, 0.3) is 11.8 Å². The van der Waals surface area contributed by atoms with Gasteiger partial charge in [0, 0.05) is 12.1 Å². The Morgan fingerprint density at radius 3 is 2.10 bits per heavy atom. The number of H-pyrrole nitrogens is 1. The summed E-state index contributed by atoms with van der Waals surface area (Å²) < 4.78 is 0. The zero-order valence-corrected chi connectivity index (χ0v) is 16.1. The quantitative estimate of drug-likeness (QED) is 0.455. The van der Waals surface area contributed by atoms with Crippen molar-refractivity contribution >= 4 is 17.5 Å². The molecule has 3 aromatic carbocycles. The highest BCUT2D eigenvalue weighted by atomic mass is 16.2. The fraction of sp³-hybridized carbons (Fsp3) is 0.0417. The number of benzene rings is 3. The van der Waals surface area contributed by atoms with Gasteiger partial charge in [0.05, 0.1) is 11.9 Å². The molecule has 0 fully saturated rings. The lowest BCUT2D eigenvalue weighted by Gasteiger charge is -2.08. The van der Waals surface area contributed by atoms with Crippen LogP contribution in [0.25, 0.3) is 11.1 Å². The molecule has 4 rings (SSSR count). The van der Waals surface area contributed by atoms with Crippen LogP contribution < -0.4 is 10.6 Å². The van der Waals surface area contributed by atoms with Crippen LogP contribution in [0.15, 0.2) is 91.1 Å². The van der Waals surface area contributed by atoms with E-state index in [2.05, 4.69) is 20.8 Å². The third-order valence-electron chi connectivity index (χ3n) is 4.66. The summed E-state index contributed by atoms with van der Waals surface area (Å²) in [6, 6.07) is 26.8. The molecule has 3 N–H and O–H groups in total. The lowest BCUT2D eigenvalue weighted by molar-refractivity contribution is 0.0946. The van der Waals surface area contributed by atoms with Crippen molar-refractivity contribution < 1.29 is 9.59 Å². The maximum atomic E-state index is 12.6. The molecule has 0 saturated heterocycles. The number of rotatable bonds is 6. The number of carbonyl (C=O) groups excluding carboxylic acids is 2. The Balaban J connectivity index is 1.42. The first kappa shape index (κ1) is 19.1. The first-order chi connectivity index (χ1) is 14.7. The molecule has 0 spiro atoms. The molecular weight excluding hydrogens is 376 g/mol.